The van der Waals surface area contributed by atoms with Crippen LogP contribution in [-0.4, -0.2) is 11.3 Å². The molecule has 0 aliphatic rings. The molecule has 0 aromatic heterocycles. The Bertz CT molecular complexity index is 631. The summed E-state index contributed by atoms with van der Waals surface area (Å²) in [6.45, 7) is 0.285. The van der Waals surface area contributed by atoms with Crippen molar-refractivity contribution in [3.8, 4) is 5.75 Å². The highest BCUT2D eigenvalue weighted by atomic mass is 32.2. The zero-order valence-electron chi connectivity index (χ0n) is 11.1. The van der Waals surface area contributed by atoms with Crippen molar-refractivity contribution in [1.29, 1.82) is 0 Å². The third-order valence-electron chi connectivity index (χ3n) is 2.95. The van der Waals surface area contributed by atoms with Crippen LogP contribution < -0.4 is 10.5 Å². The third kappa shape index (κ3) is 3.23. The summed E-state index contributed by atoms with van der Waals surface area (Å²) in [5, 5.41) is 0. The summed E-state index contributed by atoms with van der Waals surface area (Å²) in [5.74, 6) is 0.276. The summed E-state index contributed by atoms with van der Waals surface area (Å²) in [6, 6.07) is 11.8. The Morgan fingerprint density at radius 3 is 2.65 bits per heavy atom. The second-order valence-electron chi connectivity index (χ2n) is 4.27. The number of hydrogen-bond donors (Lipinski definition) is 1. The molecule has 2 rings (SSSR count). The summed E-state index contributed by atoms with van der Waals surface area (Å²) in [4.78, 5) is 0.567. The maximum absolute atomic E-state index is 13.9. The molecule has 2 aromatic carbocycles. The molecule has 0 aliphatic carbocycles. The molecule has 1 atom stereocenters. The summed E-state index contributed by atoms with van der Waals surface area (Å²) in [7, 11) is 0.160. The Kier molecular flexibility index (Phi) is 4.87. The van der Waals surface area contributed by atoms with Gasteiger partial charge in [0, 0.05) is 12.1 Å². The summed E-state index contributed by atoms with van der Waals surface area (Å²) < 4.78 is 31.4. The number of hydrogen-bond acceptors (Lipinski definition) is 3. The smallest absolute Gasteiger partial charge is 0.134 e. The standard InChI is InChI=1S/C15H16FNO2S/c1-19-14-4-2-3-5-15(14)20(18)10-12-7-6-11(9-17)8-13(12)16/h2-8H,9-10,17H2,1H3. The van der Waals surface area contributed by atoms with Gasteiger partial charge in [-0.05, 0) is 23.8 Å². The Labute approximate surface area is 120 Å². The number of benzene rings is 2. The van der Waals surface area contributed by atoms with Crippen molar-refractivity contribution in [2.45, 2.75) is 17.2 Å². The van der Waals surface area contributed by atoms with E-state index in [0.29, 0.717) is 21.8 Å². The molecule has 0 saturated carbocycles. The van der Waals surface area contributed by atoms with Crippen molar-refractivity contribution in [2.24, 2.45) is 5.73 Å². The van der Waals surface area contributed by atoms with Gasteiger partial charge in [-0.3, -0.25) is 4.21 Å². The van der Waals surface area contributed by atoms with E-state index in [1.165, 1.54) is 13.2 Å². The van der Waals surface area contributed by atoms with Gasteiger partial charge < -0.3 is 10.5 Å². The Morgan fingerprint density at radius 1 is 1.25 bits per heavy atom. The summed E-state index contributed by atoms with van der Waals surface area (Å²) in [6.07, 6.45) is 0. The van der Waals surface area contributed by atoms with Gasteiger partial charge in [0.05, 0.1) is 28.6 Å². The fraction of sp³-hybridized carbons (Fsp3) is 0.200. The normalized spacial score (nSPS) is 12.2. The average molecular weight is 293 g/mol. The van der Waals surface area contributed by atoms with Crippen LogP contribution in [0.5, 0.6) is 5.75 Å². The molecule has 0 heterocycles. The lowest BCUT2D eigenvalue weighted by Gasteiger charge is -2.09. The maximum Gasteiger partial charge on any atom is 0.134 e. The minimum Gasteiger partial charge on any atom is -0.495 e. The van der Waals surface area contributed by atoms with E-state index in [9.17, 15) is 8.60 Å². The number of methoxy groups -OCH3 is 1. The SMILES string of the molecule is COc1ccccc1S(=O)Cc1ccc(CN)cc1F. The van der Waals surface area contributed by atoms with Crippen LogP contribution in [-0.2, 0) is 23.1 Å². The lowest BCUT2D eigenvalue weighted by Crippen LogP contribution is -2.03. The minimum absolute atomic E-state index is 0.108. The molecule has 0 bridgehead atoms. The number of rotatable bonds is 5. The van der Waals surface area contributed by atoms with Gasteiger partial charge in [-0.25, -0.2) is 4.39 Å². The molecule has 106 valence electrons. The average Bonchev–Trinajstić information content (AvgIpc) is 2.49. The van der Waals surface area contributed by atoms with E-state index in [1.54, 1.807) is 36.4 Å². The van der Waals surface area contributed by atoms with Crippen LogP contribution in [0, 0.1) is 5.82 Å². The predicted molar refractivity (Wildman–Crippen MR) is 77.4 cm³/mol. The molecule has 0 saturated heterocycles. The Morgan fingerprint density at radius 2 is 2.00 bits per heavy atom. The monoisotopic (exact) mass is 293 g/mol. The zero-order chi connectivity index (χ0) is 14.5. The van der Waals surface area contributed by atoms with Crippen LogP contribution in [0.4, 0.5) is 4.39 Å². The maximum atomic E-state index is 13.9. The Balaban J connectivity index is 2.23. The molecule has 0 radical (unpaired) electrons. The fourth-order valence-corrected chi connectivity index (χ4v) is 3.14. The molecule has 0 spiro atoms. The van der Waals surface area contributed by atoms with Crippen molar-refractivity contribution < 1.29 is 13.3 Å². The summed E-state index contributed by atoms with van der Waals surface area (Å²) >= 11 is 0. The van der Waals surface area contributed by atoms with Gasteiger partial charge in [-0.2, -0.15) is 0 Å². The van der Waals surface area contributed by atoms with Gasteiger partial charge in [-0.1, -0.05) is 24.3 Å². The number of para-hydroxylation sites is 1. The molecule has 2 N–H and O–H groups in total. The highest BCUT2D eigenvalue weighted by molar-refractivity contribution is 7.84. The zero-order valence-corrected chi connectivity index (χ0v) is 12.0. The molecular weight excluding hydrogens is 277 g/mol. The molecule has 3 nitrogen and oxygen atoms in total. The van der Waals surface area contributed by atoms with E-state index in [4.69, 9.17) is 10.5 Å². The van der Waals surface area contributed by atoms with Gasteiger partial charge in [0.1, 0.15) is 11.6 Å². The molecule has 0 amide bonds. The van der Waals surface area contributed by atoms with Gasteiger partial charge in [0.2, 0.25) is 0 Å². The second kappa shape index (κ2) is 6.63. The first-order valence-corrected chi connectivity index (χ1v) is 7.46. The van der Waals surface area contributed by atoms with Crippen LogP contribution in [0.1, 0.15) is 11.1 Å². The van der Waals surface area contributed by atoms with Crippen molar-refractivity contribution >= 4 is 10.8 Å². The van der Waals surface area contributed by atoms with Crippen molar-refractivity contribution in [3.05, 3.63) is 59.4 Å². The molecule has 20 heavy (non-hydrogen) atoms. The number of nitrogens with two attached hydrogens (primary N) is 1. The van der Waals surface area contributed by atoms with Crippen LogP contribution in [0.15, 0.2) is 47.4 Å². The van der Waals surface area contributed by atoms with E-state index in [-0.39, 0.29) is 18.1 Å². The van der Waals surface area contributed by atoms with Crippen molar-refractivity contribution in [3.63, 3.8) is 0 Å². The van der Waals surface area contributed by atoms with E-state index < -0.39 is 10.8 Å². The largest absolute Gasteiger partial charge is 0.495 e. The van der Waals surface area contributed by atoms with Crippen LogP contribution in [0.25, 0.3) is 0 Å². The van der Waals surface area contributed by atoms with Gasteiger partial charge >= 0.3 is 0 Å². The van der Waals surface area contributed by atoms with Crippen molar-refractivity contribution in [2.75, 3.05) is 7.11 Å². The summed E-state index contributed by atoms with van der Waals surface area (Å²) in [5.41, 5.74) is 6.58. The number of ether oxygens (including phenoxy) is 1. The quantitative estimate of drug-likeness (QED) is 0.922. The van der Waals surface area contributed by atoms with E-state index in [0.717, 1.165) is 0 Å². The van der Waals surface area contributed by atoms with Gasteiger partial charge in [-0.15, -0.1) is 0 Å². The Hall–Kier alpha value is -1.72. The first-order chi connectivity index (χ1) is 9.65. The van der Waals surface area contributed by atoms with Crippen molar-refractivity contribution in [1.82, 2.24) is 0 Å². The highest BCUT2D eigenvalue weighted by Gasteiger charge is 2.13. The van der Waals surface area contributed by atoms with E-state index in [2.05, 4.69) is 0 Å². The first kappa shape index (κ1) is 14.7. The molecule has 5 heteroatoms. The van der Waals surface area contributed by atoms with Gasteiger partial charge in [0.25, 0.3) is 0 Å². The lowest BCUT2D eigenvalue weighted by atomic mass is 10.1. The second-order valence-corrected chi connectivity index (χ2v) is 5.69. The van der Waals surface area contributed by atoms with E-state index in [1.807, 2.05) is 0 Å². The van der Waals surface area contributed by atoms with Crippen LogP contribution in [0.3, 0.4) is 0 Å². The highest BCUT2D eigenvalue weighted by Crippen LogP contribution is 2.24. The fourth-order valence-electron chi connectivity index (χ4n) is 1.86. The molecular formula is C15H16FNO2S. The van der Waals surface area contributed by atoms with Crippen LogP contribution in [0.2, 0.25) is 0 Å². The number of halogens is 1. The minimum atomic E-state index is -1.36. The lowest BCUT2D eigenvalue weighted by molar-refractivity contribution is 0.404. The molecule has 1 unspecified atom stereocenters. The third-order valence-corrected chi connectivity index (χ3v) is 4.36. The molecule has 0 fully saturated rings. The first-order valence-electron chi connectivity index (χ1n) is 6.14. The molecule has 2 aromatic rings. The van der Waals surface area contributed by atoms with Crippen LogP contribution >= 0.6 is 0 Å². The van der Waals surface area contributed by atoms with Gasteiger partial charge in [0.15, 0.2) is 0 Å². The predicted octanol–water partition coefficient (Wildman–Crippen LogP) is 2.60. The molecule has 0 aliphatic heterocycles. The van der Waals surface area contributed by atoms with E-state index >= 15 is 0 Å². The topological polar surface area (TPSA) is 52.3 Å².